The molecule has 0 heterocycles. The zero-order valence-corrected chi connectivity index (χ0v) is 15.9. The number of anilines is 2. The molecule has 146 valence electrons. The monoisotopic (exact) mass is 420 g/mol. The van der Waals surface area contributed by atoms with Crippen molar-refractivity contribution in [3.8, 4) is 0 Å². The molecule has 5 nitrogen and oxygen atoms in total. The van der Waals surface area contributed by atoms with Crippen LogP contribution in [0.15, 0.2) is 42.5 Å². The van der Waals surface area contributed by atoms with Crippen molar-refractivity contribution in [3.63, 3.8) is 0 Å². The van der Waals surface area contributed by atoms with Crippen LogP contribution in [0.1, 0.15) is 11.1 Å². The van der Waals surface area contributed by atoms with Gasteiger partial charge in [-0.25, -0.2) is 8.42 Å². The van der Waals surface area contributed by atoms with Crippen LogP contribution in [0.4, 0.5) is 24.5 Å². The molecule has 27 heavy (non-hydrogen) atoms. The summed E-state index contributed by atoms with van der Waals surface area (Å²) in [7, 11) is -4.03. The molecule has 2 aromatic rings. The van der Waals surface area contributed by atoms with Crippen molar-refractivity contribution >= 4 is 38.9 Å². The number of nitrogens with zero attached hydrogens (tertiary/aromatic N) is 1. The highest BCUT2D eigenvalue weighted by Crippen LogP contribution is 2.37. The van der Waals surface area contributed by atoms with Crippen molar-refractivity contribution in [1.29, 1.82) is 0 Å². The molecule has 0 aliphatic carbocycles. The fourth-order valence-electron chi connectivity index (χ4n) is 2.25. The van der Waals surface area contributed by atoms with Gasteiger partial charge in [-0.2, -0.15) is 13.2 Å². The number of carbonyl (C=O) groups excluding carboxylic acids is 1. The molecule has 0 unspecified atom stereocenters. The third-order valence-corrected chi connectivity index (χ3v) is 5.04. The lowest BCUT2D eigenvalue weighted by molar-refractivity contribution is -0.137. The zero-order chi connectivity index (χ0) is 20.4. The molecule has 10 heteroatoms. The molecule has 0 aromatic heterocycles. The highest BCUT2D eigenvalue weighted by molar-refractivity contribution is 7.92. The van der Waals surface area contributed by atoms with Crippen molar-refractivity contribution in [2.45, 2.75) is 13.1 Å². The number of benzene rings is 2. The number of alkyl halides is 3. The predicted octanol–water partition coefficient (Wildman–Crippen LogP) is 4.07. The molecule has 0 aliphatic rings. The molecule has 0 spiro atoms. The van der Waals surface area contributed by atoms with Gasteiger partial charge in [-0.05, 0) is 37.3 Å². The van der Waals surface area contributed by atoms with Gasteiger partial charge in [-0.15, -0.1) is 0 Å². The quantitative estimate of drug-likeness (QED) is 0.792. The Balaban J connectivity index is 2.31. The van der Waals surface area contributed by atoms with Crippen LogP contribution in [-0.4, -0.2) is 27.1 Å². The first kappa shape index (κ1) is 21.0. The summed E-state index contributed by atoms with van der Waals surface area (Å²) < 4.78 is 63.8. The fraction of sp³-hybridized carbons (Fsp3) is 0.235. The van der Waals surface area contributed by atoms with Gasteiger partial charge >= 0.3 is 6.18 Å². The van der Waals surface area contributed by atoms with Crippen LogP contribution in [0, 0.1) is 6.92 Å². The van der Waals surface area contributed by atoms with Gasteiger partial charge in [0, 0.05) is 5.69 Å². The van der Waals surface area contributed by atoms with Crippen LogP contribution in [0.3, 0.4) is 0 Å². The normalized spacial score (nSPS) is 11.9. The molecule has 0 atom stereocenters. The maximum atomic E-state index is 13.0. The summed E-state index contributed by atoms with van der Waals surface area (Å²) >= 11 is 5.56. The number of halogens is 4. The Hall–Kier alpha value is -2.26. The highest BCUT2D eigenvalue weighted by Gasteiger charge is 2.34. The smallest absolute Gasteiger partial charge is 0.325 e. The predicted molar refractivity (Wildman–Crippen MR) is 98.5 cm³/mol. The second-order valence-electron chi connectivity index (χ2n) is 5.85. The minimum Gasteiger partial charge on any atom is -0.325 e. The van der Waals surface area contributed by atoms with Crippen molar-refractivity contribution in [1.82, 2.24) is 0 Å². The van der Waals surface area contributed by atoms with Gasteiger partial charge in [0.25, 0.3) is 0 Å². The summed E-state index contributed by atoms with van der Waals surface area (Å²) in [6, 6.07) is 9.40. The Kier molecular flexibility index (Phi) is 6.06. The molecule has 2 rings (SSSR count). The maximum Gasteiger partial charge on any atom is 0.417 e. The van der Waals surface area contributed by atoms with E-state index in [9.17, 15) is 26.4 Å². The summed E-state index contributed by atoms with van der Waals surface area (Å²) in [5.41, 5.74) is -0.0970. The average molecular weight is 421 g/mol. The number of sulfonamides is 1. The van der Waals surface area contributed by atoms with E-state index in [2.05, 4.69) is 5.32 Å². The number of hydrogen-bond donors (Lipinski definition) is 1. The topological polar surface area (TPSA) is 66.5 Å². The Morgan fingerprint density at radius 2 is 1.74 bits per heavy atom. The van der Waals surface area contributed by atoms with E-state index in [0.717, 1.165) is 24.0 Å². The highest BCUT2D eigenvalue weighted by atomic mass is 35.5. The maximum absolute atomic E-state index is 13.0. The molecule has 1 N–H and O–H groups in total. The van der Waals surface area contributed by atoms with Gasteiger partial charge in [0.05, 0.1) is 22.5 Å². The molecule has 0 bridgehead atoms. The van der Waals surface area contributed by atoms with Crippen LogP contribution in [0.2, 0.25) is 5.02 Å². The van der Waals surface area contributed by atoms with E-state index >= 15 is 0 Å². The summed E-state index contributed by atoms with van der Waals surface area (Å²) in [6.07, 6.45) is -3.96. The van der Waals surface area contributed by atoms with Crippen LogP contribution in [-0.2, 0) is 21.0 Å². The third-order valence-electron chi connectivity index (χ3n) is 3.57. The second kappa shape index (κ2) is 7.77. The summed E-state index contributed by atoms with van der Waals surface area (Å²) in [5.74, 6) is -0.701. The van der Waals surface area contributed by atoms with Gasteiger partial charge < -0.3 is 5.32 Å². The Labute approximate surface area is 159 Å². The average Bonchev–Trinajstić information content (AvgIpc) is 2.53. The second-order valence-corrected chi connectivity index (χ2v) is 8.16. The Morgan fingerprint density at radius 1 is 1.15 bits per heavy atom. The van der Waals surface area contributed by atoms with Crippen LogP contribution < -0.4 is 9.62 Å². The van der Waals surface area contributed by atoms with Crippen LogP contribution in [0.5, 0.6) is 0 Å². The van der Waals surface area contributed by atoms with Crippen molar-refractivity contribution < 1.29 is 26.4 Å². The molecule has 0 fully saturated rings. The summed E-state index contributed by atoms with van der Waals surface area (Å²) in [4.78, 5) is 12.2. The molecule has 0 radical (unpaired) electrons. The van der Waals surface area contributed by atoms with Crippen molar-refractivity contribution in [2.75, 3.05) is 22.4 Å². The zero-order valence-electron chi connectivity index (χ0n) is 14.3. The first-order valence-corrected chi connectivity index (χ1v) is 9.81. The lowest BCUT2D eigenvalue weighted by Gasteiger charge is -2.23. The number of hydrogen-bond acceptors (Lipinski definition) is 3. The van der Waals surface area contributed by atoms with Gasteiger partial charge in [0.2, 0.25) is 15.9 Å². The minimum absolute atomic E-state index is 0.312. The summed E-state index contributed by atoms with van der Waals surface area (Å²) in [5, 5.41) is 1.94. The van der Waals surface area contributed by atoms with Gasteiger partial charge in [0.1, 0.15) is 6.54 Å². The molecule has 0 saturated heterocycles. The largest absolute Gasteiger partial charge is 0.417 e. The number of aryl methyl sites for hydroxylation is 1. The van der Waals surface area contributed by atoms with Crippen LogP contribution >= 0.6 is 11.6 Å². The van der Waals surface area contributed by atoms with E-state index in [1.807, 2.05) is 6.92 Å². The lowest BCUT2D eigenvalue weighted by Crippen LogP contribution is -2.37. The van der Waals surface area contributed by atoms with E-state index in [1.165, 1.54) is 0 Å². The van der Waals surface area contributed by atoms with E-state index in [4.69, 9.17) is 11.6 Å². The van der Waals surface area contributed by atoms with Gasteiger partial charge in [0.15, 0.2) is 0 Å². The molecule has 1 amide bonds. The number of nitrogens with one attached hydrogen (secondary N) is 1. The Bertz CT molecular complexity index is 945. The van der Waals surface area contributed by atoms with E-state index < -0.39 is 39.2 Å². The molecule has 0 saturated carbocycles. The number of rotatable bonds is 5. The molecule has 0 aliphatic heterocycles. The van der Waals surface area contributed by atoms with E-state index in [0.29, 0.717) is 16.1 Å². The SMILES string of the molecule is Cc1ccc(NC(=O)CN(c2ccc(Cl)c(C(F)(F)F)c2)S(C)(=O)=O)cc1. The molecular weight excluding hydrogens is 405 g/mol. The number of amides is 1. The summed E-state index contributed by atoms with van der Waals surface area (Å²) in [6.45, 7) is 1.17. The Morgan fingerprint density at radius 3 is 2.26 bits per heavy atom. The third kappa shape index (κ3) is 5.61. The van der Waals surface area contributed by atoms with Crippen molar-refractivity contribution in [3.05, 3.63) is 58.6 Å². The van der Waals surface area contributed by atoms with Crippen LogP contribution in [0.25, 0.3) is 0 Å². The molecular formula is C17H16ClF3N2O3S. The first-order valence-electron chi connectivity index (χ1n) is 7.59. The molecule has 2 aromatic carbocycles. The standard InChI is InChI=1S/C17H16ClF3N2O3S/c1-11-3-5-12(6-4-11)22-16(24)10-23(27(2,25)26)13-7-8-15(18)14(9-13)17(19,20)21/h3-9H,10H2,1-2H3,(H,22,24). The fourth-order valence-corrected chi connectivity index (χ4v) is 3.33. The van der Waals surface area contributed by atoms with Crippen molar-refractivity contribution in [2.24, 2.45) is 0 Å². The van der Waals surface area contributed by atoms with Gasteiger partial charge in [-0.3, -0.25) is 9.10 Å². The van der Waals surface area contributed by atoms with E-state index in [1.54, 1.807) is 24.3 Å². The first-order chi connectivity index (χ1) is 12.4. The van der Waals surface area contributed by atoms with E-state index in [-0.39, 0.29) is 5.69 Å². The van der Waals surface area contributed by atoms with Gasteiger partial charge in [-0.1, -0.05) is 29.3 Å². The number of carbonyl (C=O) groups is 1. The minimum atomic E-state index is -4.76. The lowest BCUT2D eigenvalue weighted by atomic mass is 10.2.